The van der Waals surface area contributed by atoms with Crippen LogP contribution in [0.1, 0.15) is 18.4 Å². The standard InChI is InChI=1S/C11H13ClO2/c1-9(11(13)14-8-7-12)10-5-3-2-4-6-10/h2-6,9H,7-8H2,1H3/t9-/m0/s1. The summed E-state index contributed by atoms with van der Waals surface area (Å²) in [5, 5.41) is 0. The van der Waals surface area contributed by atoms with E-state index in [0.717, 1.165) is 5.56 Å². The highest BCUT2D eigenvalue weighted by molar-refractivity contribution is 6.18. The summed E-state index contributed by atoms with van der Waals surface area (Å²) in [5.74, 6) is -0.107. The van der Waals surface area contributed by atoms with Crippen LogP contribution in [0.3, 0.4) is 0 Å². The Morgan fingerprint density at radius 2 is 2.07 bits per heavy atom. The molecule has 0 amide bonds. The molecule has 0 aliphatic carbocycles. The van der Waals surface area contributed by atoms with E-state index in [2.05, 4.69) is 0 Å². The second-order valence-electron chi connectivity index (χ2n) is 2.99. The smallest absolute Gasteiger partial charge is 0.313 e. The molecule has 0 heterocycles. The second kappa shape index (κ2) is 5.66. The average molecular weight is 213 g/mol. The molecule has 0 aliphatic rings. The molecule has 0 radical (unpaired) electrons. The molecule has 1 aromatic rings. The molecular weight excluding hydrogens is 200 g/mol. The van der Waals surface area contributed by atoms with E-state index in [-0.39, 0.29) is 18.5 Å². The lowest BCUT2D eigenvalue weighted by Crippen LogP contribution is -2.14. The minimum Gasteiger partial charge on any atom is -0.464 e. The van der Waals surface area contributed by atoms with E-state index in [1.807, 2.05) is 37.3 Å². The lowest BCUT2D eigenvalue weighted by atomic mass is 10.0. The van der Waals surface area contributed by atoms with Crippen molar-refractivity contribution in [2.24, 2.45) is 0 Å². The maximum atomic E-state index is 11.4. The Hall–Kier alpha value is -1.02. The van der Waals surface area contributed by atoms with Crippen LogP contribution >= 0.6 is 11.6 Å². The van der Waals surface area contributed by atoms with Crippen LogP contribution in [0.4, 0.5) is 0 Å². The van der Waals surface area contributed by atoms with E-state index in [1.54, 1.807) is 0 Å². The highest BCUT2D eigenvalue weighted by Crippen LogP contribution is 2.15. The summed E-state index contributed by atoms with van der Waals surface area (Å²) >= 11 is 5.42. The van der Waals surface area contributed by atoms with Crippen LogP contribution in [0.25, 0.3) is 0 Å². The number of benzene rings is 1. The number of hydrogen-bond donors (Lipinski definition) is 0. The second-order valence-corrected chi connectivity index (χ2v) is 3.37. The summed E-state index contributed by atoms with van der Waals surface area (Å²) in [5.41, 5.74) is 0.965. The van der Waals surface area contributed by atoms with E-state index < -0.39 is 0 Å². The van der Waals surface area contributed by atoms with Gasteiger partial charge in [-0.05, 0) is 12.5 Å². The number of esters is 1. The number of rotatable bonds is 4. The molecule has 14 heavy (non-hydrogen) atoms. The third-order valence-corrected chi connectivity index (χ3v) is 2.13. The molecule has 76 valence electrons. The first-order chi connectivity index (χ1) is 6.75. The van der Waals surface area contributed by atoms with Gasteiger partial charge in [0, 0.05) is 0 Å². The fraction of sp³-hybridized carbons (Fsp3) is 0.364. The number of alkyl halides is 1. The van der Waals surface area contributed by atoms with E-state index in [0.29, 0.717) is 5.88 Å². The Morgan fingerprint density at radius 3 is 2.64 bits per heavy atom. The largest absolute Gasteiger partial charge is 0.464 e. The van der Waals surface area contributed by atoms with Gasteiger partial charge in [-0.25, -0.2) is 0 Å². The fourth-order valence-electron chi connectivity index (χ4n) is 1.14. The van der Waals surface area contributed by atoms with Crippen molar-refractivity contribution in [1.29, 1.82) is 0 Å². The molecule has 0 bridgehead atoms. The van der Waals surface area contributed by atoms with Gasteiger partial charge in [-0.15, -0.1) is 11.6 Å². The van der Waals surface area contributed by atoms with Gasteiger partial charge in [-0.2, -0.15) is 0 Å². The summed E-state index contributed by atoms with van der Waals surface area (Å²) in [6.45, 7) is 2.10. The van der Waals surface area contributed by atoms with E-state index >= 15 is 0 Å². The van der Waals surface area contributed by atoms with Gasteiger partial charge in [-0.1, -0.05) is 30.3 Å². The van der Waals surface area contributed by atoms with Gasteiger partial charge < -0.3 is 4.74 Å². The maximum absolute atomic E-state index is 11.4. The predicted molar refractivity (Wildman–Crippen MR) is 56.5 cm³/mol. The lowest BCUT2D eigenvalue weighted by molar-refractivity contribution is -0.144. The first kappa shape index (κ1) is 11.1. The highest BCUT2D eigenvalue weighted by atomic mass is 35.5. The quantitative estimate of drug-likeness (QED) is 0.567. The van der Waals surface area contributed by atoms with Crippen molar-refractivity contribution in [2.75, 3.05) is 12.5 Å². The van der Waals surface area contributed by atoms with Crippen LogP contribution in [-0.4, -0.2) is 18.5 Å². The molecule has 0 saturated heterocycles. The molecule has 1 aromatic carbocycles. The van der Waals surface area contributed by atoms with Crippen molar-refractivity contribution in [1.82, 2.24) is 0 Å². The monoisotopic (exact) mass is 212 g/mol. The van der Waals surface area contributed by atoms with Gasteiger partial charge >= 0.3 is 5.97 Å². The summed E-state index contributed by atoms with van der Waals surface area (Å²) in [7, 11) is 0. The Morgan fingerprint density at radius 1 is 1.43 bits per heavy atom. The minimum atomic E-state index is -0.225. The minimum absolute atomic E-state index is 0.223. The first-order valence-corrected chi connectivity index (χ1v) is 5.06. The number of carbonyl (C=O) groups excluding carboxylic acids is 1. The van der Waals surface area contributed by atoms with Crippen LogP contribution in [0.15, 0.2) is 30.3 Å². The lowest BCUT2D eigenvalue weighted by Gasteiger charge is -2.10. The van der Waals surface area contributed by atoms with Crippen molar-refractivity contribution >= 4 is 17.6 Å². The number of halogens is 1. The zero-order valence-corrected chi connectivity index (χ0v) is 8.83. The zero-order chi connectivity index (χ0) is 10.4. The summed E-state index contributed by atoms with van der Waals surface area (Å²) in [6, 6.07) is 9.54. The number of carbonyl (C=O) groups is 1. The van der Waals surface area contributed by atoms with Crippen molar-refractivity contribution in [2.45, 2.75) is 12.8 Å². The normalized spacial score (nSPS) is 12.1. The Balaban J connectivity index is 2.57. The molecule has 0 aliphatic heterocycles. The van der Waals surface area contributed by atoms with Gasteiger partial charge in [-0.3, -0.25) is 4.79 Å². The molecule has 0 aromatic heterocycles. The molecule has 1 atom stereocenters. The Kier molecular flexibility index (Phi) is 4.47. The van der Waals surface area contributed by atoms with Crippen LogP contribution < -0.4 is 0 Å². The molecule has 0 N–H and O–H groups in total. The molecule has 0 spiro atoms. The maximum Gasteiger partial charge on any atom is 0.313 e. The van der Waals surface area contributed by atoms with Crippen LogP contribution in [0.5, 0.6) is 0 Å². The van der Waals surface area contributed by atoms with E-state index in [9.17, 15) is 4.79 Å². The Bertz CT molecular complexity index is 285. The molecule has 0 fully saturated rings. The van der Waals surface area contributed by atoms with Gasteiger partial charge in [0.05, 0.1) is 11.8 Å². The van der Waals surface area contributed by atoms with Gasteiger partial charge in [0.25, 0.3) is 0 Å². The molecular formula is C11H13ClO2. The van der Waals surface area contributed by atoms with Gasteiger partial charge in [0.15, 0.2) is 0 Å². The van der Waals surface area contributed by atoms with Crippen molar-refractivity contribution in [3.63, 3.8) is 0 Å². The molecule has 2 nitrogen and oxygen atoms in total. The average Bonchev–Trinajstić information content (AvgIpc) is 2.26. The van der Waals surface area contributed by atoms with Gasteiger partial charge in [0.1, 0.15) is 6.61 Å². The molecule has 0 unspecified atom stereocenters. The fourth-order valence-corrected chi connectivity index (χ4v) is 1.22. The summed E-state index contributed by atoms with van der Waals surface area (Å²) < 4.78 is 4.94. The van der Waals surface area contributed by atoms with Crippen molar-refractivity contribution in [3.05, 3.63) is 35.9 Å². The zero-order valence-electron chi connectivity index (χ0n) is 8.07. The number of ether oxygens (including phenoxy) is 1. The first-order valence-electron chi connectivity index (χ1n) is 4.53. The van der Waals surface area contributed by atoms with Crippen LogP contribution in [-0.2, 0) is 9.53 Å². The third kappa shape index (κ3) is 3.04. The van der Waals surface area contributed by atoms with Crippen LogP contribution in [0, 0.1) is 0 Å². The summed E-state index contributed by atoms with van der Waals surface area (Å²) in [4.78, 5) is 11.4. The number of hydrogen-bond acceptors (Lipinski definition) is 2. The predicted octanol–water partition coefficient (Wildman–Crippen LogP) is 2.57. The Labute approximate surface area is 88.8 Å². The van der Waals surface area contributed by atoms with Crippen LogP contribution in [0.2, 0.25) is 0 Å². The molecule has 0 saturated carbocycles. The van der Waals surface area contributed by atoms with Crippen molar-refractivity contribution < 1.29 is 9.53 Å². The summed E-state index contributed by atoms with van der Waals surface area (Å²) in [6.07, 6.45) is 0. The molecule has 1 rings (SSSR count). The van der Waals surface area contributed by atoms with Crippen molar-refractivity contribution in [3.8, 4) is 0 Å². The van der Waals surface area contributed by atoms with E-state index in [1.165, 1.54) is 0 Å². The molecule has 3 heteroatoms. The SMILES string of the molecule is C[C@H](C(=O)OCCCl)c1ccccc1. The van der Waals surface area contributed by atoms with Gasteiger partial charge in [0.2, 0.25) is 0 Å². The third-order valence-electron chi connectivity index (χ3n) is 1.97. The topological polar surface area (TPSA) is 26.3 Å². The highest BCUT2D eigenvalue weighted by Gasteiger charge is 2.15. The van der Waals surface area contributed by atoms with E-state index in [4.69, 9.17) is 16.3 Å².